The molecular weight excluding hydrogens is 763 g/mol. The second kappa shape index (κ2) is 19.7. The number of methoxy groups -OCH3 is 1. The number of hydrogen-bond donors (Lipinski definition) is 2. The summed E-state index contributed by atoms with van der Waals surface area (Å²) in [5.41, 5.74) is 10.4. The Balaban J connectivity index is 1.68. The number of sulfonamides is 1. The van der Waals surface area contributed by atoms with Crippen LogP contribution in [0.5, 0.6) is 5.88 Å². The van der Waals surface area contributed by atoms with Gasteiger partial charge in [-0.05, 0) is 98.7 Å². The second-order valence-electron chi connectivity index (χ2n) is 14.2. The standard InChI is InChI=1S/C40H46ClFN6O7S/c1-26(49)24-48(39(51)55-40(2,3)4)25-31(46-56(52,53)32-11-7-6-8-12-32)19-20-33-28(10-9-13-34(33)42)22-35(50)38(45-47-43)37(27-14-17-30(41)18-15-27)29-16-21-36(54-5)44-23-29/h6-18,21,23,26,31,37-38,46,49H,19-20,22,24-25H2,1-5H3/t26-,31-,37-,38+/m0/s1. The molecule has 4 rings (SSSR count). The van der Waals surface area contributed by atoms with Gasteiger partial charge in [0.25, 0.3) is 0 Å². The number of halogens is 2. The van der Waals surface area contributed by atoms with E-state index in [1.165, 1.54) is 49.4 Å². The van der Waals surface area contributed by atoms with E-state index in [-0.39, 0.29) is 42.8 Å². The molecule has 4 atom stereocenters. The highest BCUT2D eigenvalue weighted by Crippen LogP contribution is 2.33. The Kier molecular flexibility index (Phi) is 15.4. The first-order chi connectivity index (χ1) is 26.5. The van der Waals surface area contributed by atoms with Crippen molar-refractivity contribution in [3.05, 3.63) is 135 Å². The lowest BCUT2D eigenvalue weighted by molar-refractivity contribution is -0.119. The number of aliphatic hydroxyl groups is 1. The maximum Gasteiger partial charge on any atom is 0.410 e. The summed E-state index contributed by atoms with van der Waals surface area (Å²) in [6, 6.07) is 19.7. The third kappa shape index (κ3) is 12.5. The van der Waals surface area contributed by atoms with Crippen LogP contribution in [-0.4, -0.2) is 79.3 Å². The van der Waals surface area contributed by atoms with Crippen molar-refractivity contribution in [2.45, 2.75) is 81.6 Å². The number of aromatic nitrogens is 1. The average molecular weight is 809 g/mol. The quantitative estimate of drug-likeness (QED) is 0.0592. The van der Waals surface area contributed by atoms with Gasteiger partial charge in [0.1, 0.15) is 23.2 Å². The Morgan fingerprint density at radius 1 is 1.02 bits per heavy atom. The fourth-order valence-electron chi connectivity index (χ4n) is 6.17. The first-order valence-electron chi connectivity index (χ1n) is 17.8. The molecule has 0 spiro atoms. The molecule has 1 amide bonds. The van der Waals surface area contributed by atoms with Gasteiger partial charge in [-0.2, -0.15) is 0 Å². The van der Waals surface area contributed by atoms with Crippen molar-refractivity contribution < 1.29 is 37.0 Å². The van der Waals surface area contributed by atoms with Crippen LogP contribution in [0, 0.1) is 5.82 Å². The summed E-state index contributed by atoms with van der Waals surface area (Å²) in [4.78, 5) is 36.0. The zero-order chi connectivity index (χ0) is 41.0. The highest BCUT2D eigenvalue weighted by Gasteiger charge is 2.32. The summed E-state index contributed by atoms with van der Waals surface area (Å²) < 4.78 is 56.3. The predicted octanol–water partition coefficient (Wildman–Crippen LogP) is 7.40. The number of nitrogens with one attached hydrogen (secondary N) is 1. The summed E-state index contributed by atoms with van der Waals surface area (Å²) in [5, 5.41) is 14.6. The number of benzene rings is 3. The highest BCUT2D eigenvalue weighted by atomic mass is 35.5. The zero-order valence-electron chi connectivity index (χ0n) is 31.8. The number of carbonyl (C=O) groups excluding carboxylic acids is 2. The van der Waals surface area contributed by atoms with E-state index < -0.39 is 57.4 Å². The zero-order valence-corrected chi connectivity index (χ0v) is 33.4. The number of rotatable bonds is 18. The minimum absolute atomic E-state index is 0.0205. The smallest absolute Gasteiger partial charge is 0.410 e. The van der Waals surface area contributed by atoms with Gasteiger partial charge in [0.05, 0.1) is 18.1 Å². The van der Waals surface area contributed by atoms with Crippen molar-refractivity contribution in [2.75, 3.05) is 20.2 Å². The summed E-state index contributed by atoms with van der Waals surface area (Å²) >= 11 is 6.17. The van der Waals surface area contributed by atoms with E-state index in [2.05, 4.69) is 19.7 Å². The van der Waals surface area contributed by atoms with E-state index in [1.807, 2.05) is 0 Å². The van der Waals surface area contributed by atoms with Crippen LogP contribution >= 0.6 is 11.6 Å². The van der Waals surface area contributed by atoms with Gasteiger partial charge < -0.3 is 19.5 Å². The van der Waals surface area contributed by atoms with Crippen molar-refractivity contribution in [3.8, 4) is 5.88 Å². The van der Waals surface area contributed by atoms with Crippen molar-refractivity contribution in [3.63, 3.8) is 0 Å². The number of carbonyl (C=O) groups is 2. The molecule has 1 heterocycles. The molecule has 3 aromatic carbocycles. The van der Waals surface area contributed by atoms with E-state index in [1.54, 1.807) is 81.4 Å². The maximum atomic E-state index is 15.8. The molecule has 0 aliphatic rings. The minimum atomic E-state index is -4.13. The number of ether oxygens (including phenoxy) is 2. The number of pyridine rings is 1. The highest BCUT2D eigenvalue weighted by molar-refractivity contribution is 7.89. The summed E-state index contributed by atoms with van der Waals surface area (Å²) in [5.74, 6) is -1.61. The average Bonchev–Trinajstić information content (AvgIpc) is 3.14. The summed E-state index contributed by atoms with van der Waals surface area (Å²) in [7, 11) is -2.67. The minimum Gasteiger partial charge on any atom is -0.481 e. The van der Waals surface area contributed by atoms with E-state index in [0.29, 0.717) is 27.6 Å². The molecule has 16 heteroatoms. The second-order valence-corrected chi connectivity index (χ2v) is 16.4. The summed E-state index contributed by atoms with van der Waals surface area (Å²) in [6.07, 6.45) is -0.662. The van der Waals surface area contributed by atoms with Crippen molar-refractivity contribution in [1.82, 2.24) is 14.6 Å². The number of nitrogens with zero attached hydrogens (tertiary/aromatic N) is 5. The van der Waals surface area contributed by atoms with E-state index >= 15 is 4.39 Å². The Labute approximate surface area is 331 Å². The molecule has 56 heavy (non-hydrogen) atoms. The van der Waals surface area contributed by atoms with Crippen LogP contribution in [0.3, 0.4) is 0 Å². The fraction of sp³-hybridized carbons (Fsp3) is 0.375. The molecular formula is C40H46ClFN6O7S. The van der Waals surface area contributed by atoms with Crippen LogP contribution in [-0.2, 0) is 32.4 Å². The van der Waals surface area contributed by atoms with Crippen LogP contribution in [0.1, 0.15) is 62.3 Å². The van der Waals surface area contributed by atoms with Gasteiger partial charge in [-0.1, -0.05) is 65.2 Å². The number of aliphatic hydroxyl groups excluding tert-OH is 1. The monoisotopic (exact) mass is 808 g/mol. The van der Waals surface area contributed by atoms with Crippen LogP contribution in [0.4, 0.5) is 9.18 Å². The van der Waals surface area contributed by atoms with Crippen molar-refractivity contribution in [1.29, 1.82) is 0 Å². The number of Topliss-reactive ketones (excluding diaryl/α,β-unsaturated/α-hetero) is 1. The molecule has 298 valence electrons. The lowest BCUT2D eigenvalue weighted by atomic mass is 9.82. The van der Waals surface area contributed by atoms with Gasteiger partial charge in [-0.25, -0.2) is 27.3 Å². The van der Waals surface area contributed by atoms with Crippen LogP contribution in [0.2, 0.25) is 5.02 Å². The van der Waals surface area contributed by atoms with E-state index in [0.717, 1.165) is 0 Å². The fourth-order valence-corrected chi connectivity index (χ4v) is 7.57. The molecule has 0 fully saturated rings. The number of azide groups is 1. The van der Waals surface area contributed by atoms with Crippen LogP contribution < -0.4 is 9.46 Å². The molecule has 0 unspecified atom stereocenters. The number of amides is 1. The topological polar surface area (TPSA) is 184 Å². The predicted molar refractivity (Wildman–Crippen MR) is 210 cm³/mol. The Morgan fingerprint density at radius 2 is 1.70 bits per heavy atom. The van der Waals surface area contributed by atoms with Gasteiger partial charge >= 0.3 is 6.09 Å². The van der Waals surface area contributed by atoms with Gasteiger partial charge in [0.15, 0.2) is 0 Å². The summed E-state index contributed by atoms with van der Waals surface area (Å²) in [6.45, 7) is 6.12. The van der Waals surface area contributed by atoms with Crippen molar-refractivity contribution in [2.24, 2.45) is 5.11 Å². The molecule has 0 bridgehead atoms. The molecule has 13 nitrogen and oxygen atoms in total. The van der Waals surface area contributed by atoms with Gasteiger partial charge in [0, 0.05) is 53.7 Å². The van der Waals surface area contributed by atoms with Crippen molar-refractivity contribution >= 4 is 33.5 Å². The Morgan fingerprint density at radius 3 is 2.29 bits per heavy atom. The molecule has 0 aliphatic heterocycles. The Bertz CT molecular complexity index is 2090. The van der Waals surface area contributed by atoms with E-state index in [4.69, 9.17) is 21.1 Å². The largest absolute Gasteiger partial charge is 0.481 e. The van der Waals surface area contributed by atoms with Gasteiger partial charge in [-0.15, -0.1) is 0 Å². The lowest BCUT2D eigenvalue weighted by Crippen LogP contribution is -2.49. The molecule has 0 radical (unpaired) electrons. The van der Waals surface area contributed by atoms with Crippen LogP contribution in [0.15, 0.2) is 101 Å². The third-order valence-electron chi connectivity index (χ3n) is 8.65. The maximum absolute atomic E-state index is 15.8. The molecule has 0 saturated carbocycles. The molecule has 0 saturated heterocycles. The normalized spacial score (nSPS) is 13.8. The third-order valence-corrected chi connectivity index (χ3v) is 10.4. The lowest BCUT2D eigenvalue weighted by Gasteiger charge is -2.31. The van der Waals surface area contributed by atoms with Gasteiger partial charge in [0.2, 0.25) is 15.9 Å². The Hall–Kier alpha value is -5.05. The van der Waals surface area contributed by atoms with Crippen LogP contribution in [0.25, 0.3) is 10.4 Å². The van der Waals surface area contributed by atoms with E-state index in [9.17, 15) is 28.6 Å². The SMILES string of the molecule is COc1ccc([C@H](c2ccc(Cl)cc2)[C@H](N=[N+]=[N-])C(=O)Cc2cccc(F)c2CC[C@@H](CN(C[C@H](C)O)C(=O)OC(C)(C)C)NS(=O)(=O)c2ccccc2)cn1. The van der Waals surface area contributed by atoms with Gasteiger partial charge in [-0.3, -0.25) is 4.79 Å². The first-order valence-corrected chi connectivity index (χ1v) is 19.7. The number of hydrogen-bond acceptors (Lipinski definition) is 9. The number of ketones is 1. The molecule has 4 aromatic rings. The molecule has 2 N–H and O–H groups in total. The molecule has 1 aromatic heterocycles. The first kappa shape index (κ1) is 43.7. The molecule has 0 aliphatic carbocycles.